The van der Waals surface area contributed by atoms with Crippen molar-refractivity contribution in [3.8, 4) is 0 Å². The molecule has 0 aliphatic rings. The molecule has 0 bridgehead atoms. The first-order valence-electron chi connectivity index (χ1n) is 4.65. The maximum absolute atomic E-state index is 11.4. The number of unbranched alkanes of at least 4 members (excludes halogenated alkanes) is 1. The predicted molar refractivity (Wildman–Crippen MR) is 65.1 cm³/mol. The Morgan fingerprint density at radius 3 is 3.00 bits per heavy atom. The molecule has 0 spiro atoms. The van der Waals surface area contributed by atoms with Crippen molar-refractivity contribution in [3.63, 3.8) is 0 Å². The molecule has 15 heavy (non-hydrogen) atoms. The van der Waals surface area contributed by atoms with Gasteiger partial charge in [0.1, 0.15) is 4.88 Å². The number of nitrogens with two attached hydrogens (primary N) is 1. The zero-order chi connectivity index (χ0) is 11.1. The lowest BCUT2D eigenvalue weighted by Gasteiger charge is -2.02. The largest absolute Gasteiger partial charge is 0.393 e. The Bertz CT molecular complexity index is 324. The minimum atomic E-state index is -0.0622. The van der Waals surface area contributed by atoms with E-state index in [1.54, 1.807) is 11.7 Å². The number of aromatic nitrogens is 1. The van der Waals surface area contributed by atoms with E-state index >= 15 is 0 Å². The van der Waals surface area contributed by atoms with Crippen LogP contribution in [0.2, 0.25) is 0 Å². The van der Waals surface area contributed by atoms with Gasteiger partial charge < -0.3 is 11.1 Å². The van der Waals surface area contributed by atoms with Gasteiger partial charge in [-0.2, -0.15) is 0 Å². The molecule has 0 atom stereocenters. The van der Waals surface area contributed by atoms with Crippen molar-refractivity contribution in [1.29, 1.82) is 0 Å². The molecule has 1 heterocycles. The highest BCUT2D eigenvalue weighted by molar-refractivity contribution is 7.80. The summed E-state index contributed by atoms with van der Waals surface area (Å²) in [6.07, 6.45) is 4.11. The van der Waals surface area contributed by atoms with Crippen LogP contribution in [0.15, 0.2) is 11.7 Å². The molecule has 0 radical (unpaired) electrons. The van der Waals surface area contributed by atoms with Crippen LogP contribution in [0.3, 0.4) is 0 Å². The Labute approximate surface area is 97.9 Å². The monoisotopic (exact) mass is 243 g/mol. The van der Waals surface area contributed by atoms with Crippen LogP contribution in [0.4, 0.5) is 0 Å². The zero-order valence-corrected chi connectivity index (χ0v) is 9.87. The van der Waals surface area contributed by atoms with Crippen LogP contribution in [0, 0.1) is 0 Å². The number of carbonyl (C=O) groups excluding carboxylic acids is 1. The smallest absolute Gasteiger partial charge is 0.262 e. The van der Waals surface area contributed by atoms with Crippen LogP contribution >= 0.6 is 23.6 Å². The van der Waals surface area contributed by atoms with Gasteiger partial charge in [0, 0.05) is 6.54 Å². The van der Waals surface area contributed by atoms with E-state index in [0.29, 0.717) is 16.4 Å². The molecule has 1 aromatic rings. The van der Waals surface area contributed by atoms with E-state index < -0.39 is 0 Å². The van der Waals surface area contributed by atoms with Crippen LogP contribution in [-0.4, -0.2) is 22.4 Å². The van der Waals surface area contributed by atoms with Crippen molar-refractivity contribution >= 4 is 34.5 Å². The van der Waals surface area contributed by atoms with Crippen molar-refractivity contribution in [2.45, 2.75) is 19.3 Å². The number of amides is 1. The van der Waals surface area contributed by atoms with Crippen LogP contribution in [-0.2, 0) is 0 Å². The summed E-state index contributed by atoms with van der Waals surface area (Å²) in [7, 11) is 0. The Kier molecular flexibility index (Phi) is 5.20. The van der Waals surface area contributed by atoms with Gasteiger partial charge >= 0.3 is 0 Å². The van der Waals surface area contributed by atoms with Crippen LogP contribution in [0.5, 0.6) is 0 Å². The zero-order valence-electron chi connectivity index (χ0n) is 8.23. The van der Waals surface area contributed by atoms with Gasteiger partial charge in [-0.3, -0.25) is 9.78 Å². The third kappa shape index (κ3) is 4.85. The van der Waals surface area contributed by atoms with E-state index in [0.717, 1.165) is 19.3 Å². The van der Waals surface area contributed by atoms with Gasteiger partial charge in [-0.1, -0.05) is 12.2 Å². The van der Waals surface area contributed by atoms with Gasteiger partial charge in [0.15, 0.2) is 0 Å². The van der Waals surface area contributed by atoms with Gasteiger partial charge in [-0.25, -0.2) is 0 Å². The first kappa shape index (κ1) is 12.1. The molecule has 0 saturated heterocycles. The average Bonchev–Trinajstić information content (AvgIpc) is 2.69. The van der Waals surface area contributed by atoms with Crippen LogP contribution in [0.1, 0.15) is 28.9 Å². The predicted octanol–water partition coefficient (Wildman–Crippen LogP) is 1.33. The van der Waals surface area contributed by atoms with Crippen molar-refractivity contribution in [2.24, 2.45) is 5.73 Å². The SMILES string of the molecule is NC(=S)CCCCNC(=O)c1cncs1. The molecule has 3 N–H and O–H groups in total. The summed E-state index contributed by atoms with van der Waals surface area (Å²) in [4.78, 5) is 16.4. The highest BCUT2D eigenvalue weighted by Gasteiger charge is 2.05. The molecular formula is C9H13N3OS2. The normalized spacial score (nSPS) is 9.87. The summed E-state index contributed by atoms with van der Waals surface area (Å²) in [5.74, 6) is -0.0622. The minimum Gasteiger partial charge on any atom is -0.393 e. The quantitative estimate of drug-likeness (QED) is 0.584. The summed E-state index contributed by atoms with van der Waals surface area (Å²) in [6, 6.07) is 0. The Hall–Kier alpha value is -1.01. The molecule has 1 rings (SSSR count). The molecule has 0 saturated carbocycles. The van der Waals surface area contributed by atoms with Crippen molar-refractivity contribution in [3.05, 3.63) is 16.6 Å². The molecule has 0 aromatic carbocycles. The van der Waals surface area contributed by atoms with Crippen molar-refractivity contribution in [2.75, 3.05) is 6.54 Å². The number of rotatable bonds is 6. The fraction of sp³-hybridized carbons (Fsp3) is 0.444. The molecule has 4 nitrogen and oxygen atoms in total. The molecular weight excluding hydrogens is 230 g/mol. The maximum Gasteiger partial charge on any atom is 0.262 e. The maximum atomic E-state index is 11.4. The second kappa shape index (κ2) is 6.47. The Balaban J connectivity index is 2.10. The third-order valence-corrected chi connectivity index (χ3v) is 2.77. The van der Waals surface area contributed by atoms with E-state index in [1.165, 1.54) is 11.3 Å². The highest BCUT2D eigenvalue weighted by atomic mass is 32.1. The third-order valence-electron chi connectivity index (χ3n) is 1.79. The molecule has 0 unspecified atom stereocenters. The Morgan fingerprint density at radius 1 is 1.60 bits per heavy atom. The minimum absolute atomic E-state index is 0.0622. The summed E-state index contributed by atoms with van der Waals surface area (Å²) >= 11 is 6.08. The van der Waals surface area contributed by atoms with Crippen LogP contribution in [0.25, 0.3) is 0 Å². The van der Waals surface area contributed by atoms with E-state index in [4.69, 9.17) is 18.0 Å². The lowest BCUT2D eigenvalue weighted by Crippen LogP contribution is -2.23. The highest BCUT2D eigenvalue weighted by Crippen LogP contribution is 2.04. The molecule has 0 fully saturated rings. The summed E-state index contributed by atoms with van der Waals surface area (Å²) in [5, 5.41) is 2.81. The molecule has 82 valence electrons. The van der Waals surface area contributed by atoms with E-state index in [-0.39, 0.29) is 5.91 Å². The van der Waals surface area contributed by atoms with E-state index in [9.17, 15) is 4.79 Å². The van der Waals surface area contributed by atoms with E-state index in [1.807, 2.05) is 0 Å². The Morgan fingerprint density at radius 2 is 2.40 bits per heavy atom. The number of thiocarbonyl (C=S) groups is 1. The lowest BCUT2D eigenvalue weighted by atomic mass is 10.2. The first-order valence-corrected chi connectivity index (χ1v) is 5.94. The number of carbonyl (C=O) groups is 1. The first-order chi connectivity index (χ1) is 7.20. The summed E-state index contributed by atoms with van der Waals surface area (Å²) in [6.45, 7) is 0.652. The van der Waals surface area contributed by atoms with Gasteiger partial charge in [-0.15, -0.1) is 11.3 Å². The molecule has 1 amide bonds. The van der Waals surface area contributed by atoms with Crippen LogP contribution < -0.4 is 11.1 Å². The summed E-state index contributed by atoms with van der Waals surface area (Å²) in [5.41, 5.74) is 6.99. The second-order valence-corrected chi connectivity index (χ2v) is 4.46. The standard InChI is InChI=1S/C9H13N3OS2/c10-8(14)3-1-2-4-12-9(13)7-5-11-6-15-7/h5-6H,1-4H2,(H2,10,14)(H,12,13). The number of nitrogens with zero attached hydrogens (tertiary/aromatic N) is 1. The van der Waals surface area contributed by atoms with Gasteiger partial charge in [-0.05, 0) is 19.3 Å². The second-order valence-electron chi connectivity index (χ2n) is 3.05. The van der Waals surface area contributed by atoms with Crippen molar-refractivity contribution < 1.29 is 4.79 Å². The fourth-order valence-electron chi connectivity index (χ4n) is 1.04. The average molecular weight is 243 g/mol. The topological polar surface area (TPSA) is 68.0 Å². The fourth-order valence-corrected chi connectivity index (χ4v) is 1.72. The number of nitrogens with one attached hydrogen (secondary N) is 1. The van der Waals surface area contributed by atoms with Crippen molar-refractivity contribution in [1.82, 2.24) is 10.3 Å². The molecule has 0 aliphatic carbocycles. The summed E-state index contributed by atoms with van der Waals surface area (Å²) < 4.78 is 0. The van der Waals surface area contributed by atoms with Gasteiger partial charge in [0.05, 0.1) is 16.7 Å². The molecule has 6 heteroatoms. The molecule has 1 aromatic heterocycles. The number of hydrogen-bond donors (Lipinski definition) is 2. The lowest BCUT2D eigenvalue weighted by molar-refractivity contribution is 0.0957. The number of hydrogen-bond acceptors (Lipinski definition) is 4. The van der Waals surface area contributed by atoms with Gasteiger partial charge in [0.25, 0.3) is 5.91 Å². The molecule has 0 aliphatic heterocycles. The van der Waals surface area contributed by atoms with E-state index in [2.05, 4.69) is 10.3 Å². The number of thiazole rings is 1. The van der Waals surface area contributed by atoms with Gasteiger partial charge in [0.2, 0.25) is 0 Å².